The van der Waals surface area contributed by atoms with Crippen molar-refractivity contribution in [2.45, 2.75) is 27.3 Å². The summed E-state index contributed by atoms with van der Waals surface area (Å²) in [5.41, 5.74) is 1.28. The molecule has 2 nitrogen and oxygen atoms in total. The van der Waals surface area contributed by atoms with Gasteiger partial charge in [0.15, 0.2) is 0 Å². The Kier molecular flexibility index (Phi) is 2.47. The van der Waals surface area contributed by atoms with E-state index in [4.69, 9.17) is 0 Å². The van der Waals surface area contributed by atoms with E-state index in [1.54, 1.807) is 0 Å². The Morgan fingerprint density at radius 1 is 1.64 bits per heavy atom. The molecule has 0 radical (unpaired) electrons. The number of nitrogens with zero attached hydrogens (tertiary/aromatic N) is 2. The maximum absolute atomic E-state index is 4.21. The zero-order valence-corrected chi connectivity index (χ0v) is 7.33. The first-order chi connectivity index (χ1) is 5.24. The lowest BCUT2D eigenvalue weighted by Gasteiger charge is -1.99. The topological polar surface area (TPSA) is 17.8 Å². The molecule has 0 aliphatic rings. The van der Waals surface area contributed by atoms with Gasteiger partial charge in [0, 0.05) is 18.9 Å². The first-order valence-corrected chi connectivity index (χ1v) is 3.90. The molecule has 0 saturated heterocycles. The van der Waals surface area contributed by atoms with Crippen molar-refractivity contribution in [3.63, 3.8) is 0 Å². The minimum atomic E-state index is 0.985. The van der Waals surface area contributed by atoms with Crippen LogP contribution in [0, 0.1) is 0 Å². The summed E-state index contributed by atoms with van der Waals surface area (Å²) in [5, 5.41) is 0. The number of imidazole rings is 1. The third kappa shape index (κ3) is 1.93. The molecule has 0 amide bonds. The van der Waals surface area contributed by atoms with Gasteiger partial charge in [-0.25, -0.2) is 4.98 Å². The van der Waals surface area contributed by atoms with E-state index in [0.717, 1.165) is 12.4 Å². The Bertz CT molecular complexity index is 254. The van der Waals surface area contributed by atoms with Crippen LogP contribution < -0.4 is 0 Å². The number of aromatic nitrogens is 2. The molecule has 0 saturated carbocycles. The van der Waals surface area contributed by atoms with Crippen molar-refractivity contribution in [2.24, 2.45) is 0 Å². The Hall–Kier alpha value is -1.05. The molecular formula is C9H14N2. The molecular weight excluding hydrogens is 136 g/mol. The fraction of sp³-hybridized carbons (Fsp3) is 0.444. The summed E-state index contributed by atoms with van der Waals surface area (Å²) < 4.78 is 2.12. The van der Waals surface area contributed by atoms with Gasteiger partial charge in [0.25, 0.3) is 0 Å². The van der Waals surface area contributed by atoms with Crippen molar-refractivity contribution in [1.82, 2.24) is 9.55 Å². The molecule has 0 aliphatic carbocycles. The molecule has 1 aromatic rings. The van der Waals surface area contributed by atoms with E-state index in [1.165, 1.54) is 5.57 Å². The van der Waals surface area contributed by atoms with Gasteiger partial charge >= 0.3 is 0 Å². The lowest BCUT2D eigenvalue weighted by molar-refractivity contribution is 0.752. The van der Waals surface area contributed by atoms with E-state index in [9.17, 15) is 0 Å². The van der Waals surface area contributed by atoms with Gasteiger partial charge in [-0.2, -0.15) is 0 Å². The van der Waals surface area contributed by atoms with E-state index >= 15 is 0 Å². The summed E-state index contributed by atoms with van der Waals surface area (Å²) in [6.45, 7) is 7.26. The van der Waals surface area contributed by atoms with E-state index in [2.05, 4.69) is 36.4 Å². The van der Waals surface area contributed by atoms with Crippen molar-refractivity contribution in [3.05, 3.63) is 23.8 Å². The largest absolute Gasteiger partial charge is 0.332 e. The number of aryl methyl sites for hydroxylation is 1. The highest BCUT2D eigenvalue weighted by Crippen LogP contribution is 2.03. The fourth-order valence-electron chi connectivity index (χ4n) is 0.986. The quantitative estimate of drug-likeness (QED) is 0.632. The van der Waals surface area contributed by atoms with Gasteiger partial charge in [-0.05, 0) is 26.8 Å². The molecule has 60 valence electrons. The lowest BCUT2D eigenvalue weighted by atomic mass is 10.3. The Labute approximate surface area is 67.6 Å². The highest BCUT2D eigenvalue weighted by molar-refractivity contribution is 5.43. The molecule has 0 unspecified atom stereocenters. The predicted octanol–water partition coefficient (Wildman–Crippen LogP) is 2.33. The van der Waals surface area contributed by atoms with E-state index < -0.39 is 0 Å². The van der Waals surface area contributed by atoms with Crippen molar-refractivity contribution >= 4 is 6.08 Å². The Balaban J connectivity index is 2.93. The summed E-state index contributed by atoms with van der Waals surface area (Å²) in [6.07, 6.45) is 5.91. The van der Waals surface area contributed by atoms with Crippen LogP contribution in [-0.2, 0) is 6.54 Å². The Morgan fingerprint density at radius 2 is 2.36 bits per heavy atom. The van der Waals surface area contributed by atoms with E-state index in [-0.39, 0.29) is 0 Å². The lowest BCUT2D eigenvalue weighted by Crippen LogP contribution is -1.95. The van der Waals surface area contributed by atoms with E-state index in [0.29, 0.717) is 0 Å². The molecule has 0 spiro atoms. The van der Waals surface area contributed by atoms with Crippen molar-refractivity contribution in [3.8, 4) is 0 Å². The third-order valence-corrected chi connectivity index (χ3v) is 1.51. The summed E-state index contributed by atoms with van der Waals surface area (Å²) in [5.74, 6) is 1.05. The number of hydrogen-bond donors (Lipinski definition) is 0. The average Bonchev–Trinajstić information content (AvgIpc) is 2.34. The van der Waals surface area contributed by atoms with Crippen LogP contribution >= 0.6 is 0 Å². The maximum Gasteiger partial charge on any atom is 0.132 e. The molecule has 0 N–H and O–H groups in total. The summed E-state index contributed by atoms with van der Waals surface area (Å²) in [6, 6.07) is 0. The van der Waals surface area contributed by atoms with Crippen LogP contribution in [0.1, 0.15) is 26.6 Å². The summed E-state index contributed by atoms with van der Waals surface area (Å²) >= 11 is 0. The fourth-order valence-corrected chi connectivity index (χ4v) is 0.986. The molecule has 11 heavy (non-hydrogen) atoms. The van der Waals surface area contributed by atoms with Gasteiger partial charge in [-0.15, -0.1) is 0 Å². The van der Waals surface area contributed by atoms with Crippen LogP contribution in [0.25, 0.3) is 6.08 Å². The highest BCUT2D eigenvalue weighted by Gasteiger charge is 1.94. The van der Waals surface area contributed by atoms with Gasteiger partial charge in [-0.1, -0.05) is 5.57 Å². The SMILES string of the molecule is CCn1ccnc1C=C(C)C. The van der Waals surface area contributed by atoms with Crippen molar-refractivity contribution in [2.75, 3.05) is 0 Å². The second-order valence-electron chi connectivity index (χ2n) is 2.79. The summed E-state index contributed by atoms with van der Waals surface area (Å²) in [7, 11) is 0. The standard InChI is InChI=1S/C9H14N2/c1-4-11-6-5-10-9(11)7-8(2)3/h5-7H,4H2,1-3H3. The summed E-state index contributed by atoms with van der Waals surface area (Å²) in [4.78, 5) is 4.21. The normalized spacial score (nSPS) is 9.73. The second-order valence-corrected chi connectivity index (χ2v) is 2.79. The van der Waals surface area contributed by atoms with Crippen LogP contribution in [0.15, 0.2) is 18.0 Å². The molecule has 0 aliphatic heterocycles. The smallest absolute Gasteiger partial charge is 0.132 e. The van der Waals surface area contributed by atoms with Gasteiger partial charge in [0.1, 0.15) is 5.82 Å². The average molecular weight is 150 g/mol. The van der Waals surface area contributed by atoms with Gasteiger partial charge in [-0.3, -0.25) is 0 Å². The molecule has 2 heteroatoms. The maximum atomic E-state index is 4.21. The minimum absolute atomic E-state index is 0.985. The number of allylic oxidation sites excluding steroid dienone is 1. The van der Waals surface area contributed by atoms with Crippen LogP contribution in [0.5, 0.6) is 0 Å². The second kappa shape index (κ2) is 3.37. The molecule has 1 heterocycles. The monoisotopic (exact) mass is 150 g/mol. The first kappa shape index (κ1) is 8.05. The van der Waals surface area contributed by atoms with Crippen LogP contribution in [0.4, 0.5) is 0 Å². The van der Waals surface area contributed by atoms with Gasteiger partial charge in [0.05, 0.1) is 0 Å². The highest BCUT2D eigenvalue weighted by atomic mass is 15.0. The number of rotatable bonds is 2. The molecule has 0 atom stereocenters. The minimum Gasteiger partial charge on any atom is -0.332 e. The van der Waals surface area contributed by atoms with Gasteiger partial charge in [0.2, 0.25) is 0 Å². The molecule has 1 rings (SSSR count). The van der Waals surface area contributed by atoms with E-state index in [1.807, 2.05) is 12.4 Å². The van der Waals surface area contributed by atoms with Crippen LogP contribution in [-0.4, -0.2) is 9.55 Å². The third-order valence-electron chi connectivity index (χ3n) is 1.51. The molecule has 0 aromatic carbocycles. The zero-order chi connectivity index (χ0) is 8.27. The molecule has 0 bridgehead atoms. The number of hydrogen-bond acceptors (Lipinski definition) is 1. The van der Waals surface area contributed by atoms with Crippen molar-refractivity contribution in [1.29, 1.82) is 0 Å². The van der Waals surface area contributed by atoms with Gasteiger partial charge < -0.3 is 4.57 Å². The Morgan fingerprint density at radius 3 is 2.91 bits per heavy atom. The van der Waals surface area contributed by atoms with Crippen LogP contribution in [0.2, 0.25) is 0 Å². The first-order valence-electron chi connectivity index (χ1n) is 3.90. The predicted molar refractivity (Wildman–Crippen MR) is 47.2 cm³/mol. The molecule has 0 fully saturated rings. The zero-order valence-electron chi connectivity index (χ0n) is 7.33. The van der Waals surface area contributed by atoms with Crippen LogP contribution in [0.3, 0.4) is 0 Å². The van der Waals surface area contributed by atoms with Crippen molar-refractivity contribution < 1.29 is 0 Å². The molecule has 1 aromatic heterocycles.